The number of amides is 1. The number of aliphatic hydroxyl groups excluding tert-OH is 1. The predicted molar refractivity (Wildman–Crippen MR) is 120 cm³/mol. The number of aliphatic hydroxyl groups is 1. The van der Waals surface area contributed by atoms with Crippen LogP contribution in [0.15, 0.2) is 59.9 Å². The van der Waals surface area contributed by atoms with Gasteiger partial charge >= 0.3 is 0 Å². The number of hydrogen-bond donors (Lipinski definition) is 1. The van der Waals surface area contributed by atoms with E-state index in [-0.39, 0.29) is 5.57 Å². The highest BCUT2D eigenvalue weighted by Crippen LogP contribution is 2.43. The molecular weight excluding hydrogens is 426 g/mol. The predicted octanol–water partition coefficient (Wildman–Crippen LogP) is 4.42. The molecule has 0 saturated heterocycles. The number of benzene rings is 2. The van der Waals surface area contributed by atoms with E-state index in [1.807, 2.05) is 6.07 Å². The molecular formula is C24H19N3O4S. The molecule has 0 bridgehead atoms. The van der Waals surface area contributed by atoms with E-state index in [0.717, 1.165) is 5.01 Å². The lowest BCUT2D eigenvalue weighted by molar-refractivity contribution is -0.117. The Balaban J connectivity index is 1.90. The zero-order valence-corrected chi connectivity index (χ0v) is 18.4. The van der Waals surface area contributed by atoms with E-state index in [4.69, 9.17) is 10.00 Å². The normalized spacial score (nSPS) is 15.8. The van der Waals surface area contributed by atoms with Crippen molar-refractivity contribution in [3.8, 4) is 11.8 Å². The van der Waals surface area contributed by atoms with Crippen molar-refractivity contribution in [1.29, 1.82) is 5.26 Å². The van der Waals surface area contributed by atoms with Crippen molar-refractivity contribution in [3.63, 3.8) is 0 Å². The van der Waals surface area contributed by atoms with Gasteiger partial charge in [0.25, 0.3) is 5.91 Å². The molecule has 0 saturated carbocycles. The molecule has 1 aliphatic rings. The van der Waals surface area contributed by atoms with Gasteiger partial charge in [0.15, 0.2) is 5.76 Å². The van der Waals surface area contributed by atoms with Crippen LogP contribution in [0.5, 0.6) is 5.75 Å². The van der Waals surface area contributed by atoms with Gasteiger partial charge in [-0.15, -0.1) is 11.3 Å². The zero-order valence-electron chi connectivity index (χ0n) is 17.6. The molecule has 1 aliphatic heterocycles. The first-order valence-electron chi connectivity index (χ1n) is 9.75. The number of anilines is 1. The van der Waals surface area contributed by atoms with Crippen molar-refractivity contribution in [2.75, 3.05) is 12.0 Å². The number of hydrogen-bond acceptors (Lipinski definition) is 7. The summed E-state index contributed by atoms with van der Waals surface area (Å²) in [4.78, 5) is 32.8. The minimum Gasteiger partial charge on any atom is -0.503 e. The number of carbonyl (C=O) groups is 2. The Labute approximate surface area is 188 Å². The maximum absolute atomic E-state index is 13.6. The maximum Gasteiger partial charge on any atom is 0.294 e. The Hall–Kier alpha value is -3.96. The van der Waals surface area contributed by atoms with Crippen molar-refractivity contribution >= 4 is 28.7 Å². The number of carbonyl (C=O) groups excluding carboxylic acids is 2. The lowest BCUT2D eigenvalue weighted by Crippen LogP contribution is -2.31. The summed E-state index contributed by atoms with van der Waals surface area (Å²) in [6.45, 7) is 3.52. The maximum atomic E-state index is 13.6. The second-order valence-electron chi connectivity index (χ2n) is 7.25. The van der Waals surface area contributed by atoms with E-state index in [1.54, 1.807) is 62.4 Å². The van der Waals surface area contributed by atoms with E-state index in [0.29, 0.717) is 33.1 Å². The van der Waals surface area contributed by atoms with Crippen molar-refractivity contribution in [3.05, 3.63) is 86.6 Å². The molecule has 1 amide bonds. The smallest absolute Gasteiger partial charge is 0.294 e. The van der Waals surface area contributed by atoms with Gasteiger partial charge in [0.1, 0.15) is 5.75 Å². The Kier molecular flexibility index (Phi) is 5.51. The third kappa shape index (κ3) is 3.53. The first-order valence-corrected chi connectivity index (χ1v) is 10.6. The van der Waals surface area contributed by atoms with Crippen molar-refractivity contribution in [2.45, 2.75) is 19.9 Å². The largest absolute Gasteiger partial charge is 0.503 e. The molecule has 1 atom stereocenters. The van der Waals surface area contributed by atoms with Crippen LogP contribution in [-0.2, 0) is 4.79 Å². The van der Waals surface area contributed by atoms with Crippen LogP contribution < -0.4 is 9.64 Å². The van der Waals surface area contributed by atoms with Crippen LogP contribution in [-0.4, -0.2) is 28.9 Å². The Morgan fingerprint density at radius 1 is 1.22 bits per heavy atom. The van der Waals surface area contributed by atoms with Gasteiger partial charge < -0.3 is 9.84 Å². The average molecular weight is 446 g/mol. The van der Waals surface area contributed by atoms with Crippen LogP contribution in [0.3, 0.4) is 0 Å². The van der Waals surface area contributed by atoms with Gasteiger partial charge in [0.2, 0.25) is 5.78 Å². The lowest BCUT2D eigenvalue weighted by Gasteiger charge is -2.27. The van der Waals surface area contributed by atoms with Gasteiger partial charge in [0.05, 0.1) is 45.9 Å². The number of aromatic nitrogens is 1. The molecule has 2 aromatic carbocycles. The second kappa shape index (κ2) is 8.29. The quantitative estimate of drug-likeness (QED) is 0.583. The molecule has 7 nitrogen and oxygen atoms in total. The molecule has 1 aromatic heterocycles. The van der Waals surface area contributed by atoms with Crippen molar-refractivity contribution in [1.82, 2.24) is 4.98 Å². The van der Waals surface area contributed by atoms with Gasteiger partial charge in [-0.25, -0.2) is 4.98 Å². The number of thiazole rings is 1. The number of aryl methyl sites for hydroxylation is 2. The fourth-order valence-electron chi connectivity index (χ4n) is 3.79. The highest BCUT2D eigenvalue weighted by molar-refractivity contribution is 7.14. The number of ether oxygens (including phenoxy) is 1. The van der Waals surface area contributed by atoms with Crippen LogP contribution in [0.25, 0.3) is 0 Å². The monoisotopic (exact) mass is 445 g/mol. The van der Waals surface area contributed by atoms with Crippen LogP contribution in [0.1, 0.15) is 37.5 Å². The SMILES string of the molecule is COc1cccc(C2C(C(=O)c3sc(C)nc3C)=C(O)C(=O)N2c2ccc(C#N)cc2)c1. The fourth-order valence-corrected chi connectivity index (χ4v) is 4.67. The fraction of sp³-hybridized carbons (Fsp3) is 0.167. The highest BCUT2D eigenvalue weighted by atomic mass is 32.1. The standard InChI is InChI=1S/C24H19N3O4S/c1-13-23(32-14(2)26-13)21(28)19-20(16-5-4-6-18(11-16)31-3)27(24(30)22(19)29)17-9-7-15(12-25)8-10-17/h4-11,20,29H,1-3H3. The number of rotatable bonds is 5. The number of ketones is 1. The minimum atomic E-state index is -0.875. The van der Waals surface area contributed by atoms with Crippen LogP contribution in [0, 0.1) is 25.2 Å². The van der Waals surface area contributed by atoms with Crippen molar-refractivity contribution < 1.29 is 19.4 Å². The minimum absolute atomic E-state index is 0.0145. The molecule has 1 N–H and O–H groups in total. The zero-order chi connectivity index (χ0) is 23.0. The summed E-state index contributed by atoms with van der Waals surface area (Å²) < 4.78 is 5.33. The van der Waals surface area contributed by atoms with Gasteiger partial charge in [-0.1, -0.05) is 12.1 Å². The summed E-state index contributed by atoms with van der Waals surface area (Å²) in [5.41, 5.74) is 2.02. The Bertz CT molecular complexity index is 1300. The molecule has 32 heavy (non-hydrogen) atoms. The summed E-state index contributed by atoms with van der Waals surface area (Å²) >= 11 is 1.22. The molecule has 3 aromatic rings. The number of Topliss-reactive ketones (excluding diaryl/α,β-unsaturated/α-hetero) is 1. The molecule has 0 fully saturated rings. The summed E-state index contributed by atoms with van der Waals surface area (Å²) in [6.07, 6.45) is 0. The molecule has 2 heterocycles. The molecule has 160 valence electrons. The van der Waals surface area contributed by atoms with Gasteiger partial charge in [-0.05, 0) is 55.8 Å². The van der Waals surface area contributed by atoms with Gasteiger partial charge in [-0.3, -0.25) is 14.5 Å². The van der Waals surface area contributed by atoms with E-state index in [1.165, 1.54) is 23.3 Å². The molecule has 0 aliphatic carbocycles. The third-order valence-corrected chi connectivity index (χ3v) is 6.32. The number of nitriles is 1. The Morgan fingerprint density at radius 3 is 2.53 bits per heavy atom. The Morgan fingerprint density at radius 2 is 1.94 bits per heavy atom. The van der Waals surface area contributed by atoms with Crippen LogP contribution in [0.2, 0.25) is 0 Å². The third-order valence-electron chi connectivity index (χ3n) is 5.25. The van der Waals surface area contributed by atoms with Gasteiger partial charge in [0, 0.05) is 5.69 Å². The summed E-state index contributed by atoms with van der Waals surface area (Å²) in [5.74, 6) is -1.18. The van der Waals surface area contributed by atoms with E-state index in [9.17, 15) is 14.7 Å². The average Bonchev–Trinajstić information content (AvgIpc) is 3.28. The van der Waals surface area contributed by atoms with Gasteiger partial charge in [-0.2, -0.15) is 5.26 Å². The molecule has 1 unspecified atom stereocenters. The summed E-state index contributed by atoms with van der Waals surface area (Å²) in [7, 11) is 1.53. The first-order chi connectivity index (χ1) is 15.3. The number of nitrogens with zero attached hydrogens (tertiary/aromatic N) is 3. The summed E-state index contributed by atoms with van der Waals surface area (Å²) in [6, 6.07) is 14.6. The number of methoxy groups -OCH3 is 1. The summed E-state index contributed by atoms with van der Waals surface area (Å²) in [5, 5.41) is 20.7. The van der Waals surface area contributed by atoms with Crippen molar-refractivity contribution in [2.24, 2.45) is 0 Å². The topological polar surface area (TPSA) is 104 Å². The molecule has 0 spiro atoms. The van der Waals surface area contributed by atoms with E-state index < -0.39 is 23.5 Å². The highest BCUT2D eigenvalue weighted by Gasteiger charge is 2.45. The van der Waals surface area contributed by atoms with E-state index in [2.05, 4.69) is 4.98 Å². The second-order valence-corrected chi connectivity index (χ2v) is 8.46. The molecule has 0 radical (unpaired) electrons. The van der Waals surface area contributed by atoms with Crippen LogP contribution >= 0.6 is 11.3 Å². The first kappa shape index (κ1) is 21.3. The van der Waals surface area contributed by atoms with Crippen LogP contribution in [0.4, 0.5) is 5.69 Å². The molecule has 4 rings (SSSR count). The van der Waals surface area contributed by atoms with E-state index >= 15 is 0 Å². The lowest BCUT2D eigenvalue weighted by atomic mass is 9.94. The molecule has 8 heteroatoms.